The van der Waals surface area contributed by atoms with Crippen molar-refractivity contribution in [3.05, 3.63) is 60.2 Å². The average Bonchev–Trinajstić information content (AvgIpc) is 3.00. The number of benzene rings is 1. The molecule has 0 aliphatic rings. The summed E-state index contributed by atoms with van der Waals surface area (Å²) < 4.78 is 0. The second-order valence-electron chi connectivity index (χ2n) is 4.37. The van der Waals surface area contributed by atoms with Crippen molar-refractivity contribution in [2.24, 2.45) is 0 Å². The number of nitrogens with zero attached hydrogens (tertiary/aromatic N) is 1. The number of hydrogen-bond acceptors (Lipinski definition) is 6. The van der Waals surface area contributed by atoms with Crippen molar-refractivity contribution in [3.63, 3.8) is 0 Å². The first-order chi connectivity index (χ1) is 10.3. The fraction of sp³-hybridized carbons (Fsp3) is 0.133. The van der Waals surface area contributed by atoms with Crippen molar-refractivity contribution >= 4 is 18.0 Å². The van der Waals surface area contributed by atoms with Gasteiger partial charge < -0.3 is 29.9 Å². The largest absolute Gasteiger partial charge is 2.00 e. The van der Waals surface area contributed by atoms with Crippen LogP contribution in [0.3, 0.4) is 0 Å². The number of carbonyl (C=O) groups excluding carboxylic acids is 2. The van der Waals surface area contributed by atoms with Crippen LogP contribution in [0.15, 0.2) is 48.9 Å². The van der Waals surface area contributed by atoms with Crippen LogP contribution in [-0.4, -0.2) is 27.0 Å². The molecule has 23 heavy (non-hydrogen) atoms. The first kappa shape index (κ1) is 20.7. The number of carboxylic acids is 2. The summed E-state index contributed by atoms with van der Waals surface area (Å²) >= 11 is 0. The van der Waals surface area contributed by atoms with Gasteiger partial charge in [0.2, 0.25) is 0 Å². The molecule has 7 nitrogen and oxygen atoms in total. The van der Waals surface area contributed by atoms with Crippen LogP contribution in [0.25, 0.3) is 6.08 Å². The number of aliphatic carboxylic acids is 2. The minimum absolute atomic E-state index is 0. The van der Waals surface area contributed by atoms with Crippen molar-refractivity contribution in [2.45, 2.75) is 12.5 Å². The molecular formula is C15H14N2O5Zn. The van der Waals surface area contributed by atoms with E-state index in [1.165, 1.54) is 31.5 Å². The molecule has 1 aromatic carbocycles. The van der Waals surface area contributed by atoms with Crippen LogP contribution >= 0.6 is 0 Å². The molecule has 0 radical (unpaired) electrons. The van der Waals surface area contributed by atoms with Crippen LogP contribution in [0.4, 0.5) is 0 Å². The van der Waals surface area contributed by atoms with Gasteiger partial charge >= 0.3 is 19.5 Å². The standard InChI is InChI=1S/C9H10O3.C6H6N2O2.Zn/c1-9(12,8(10)11)7-5-3-2-4-6-7;9-6(10)2-1-5-3-7-4-8-5;/h2-6,12H,1H3,(H,10,11);1-4H,(H,7,8)(H,9,10);/q;;+2/p-2. The Morgan fingerprint density at radius 2 is 1.87 bits per heavy atom. The molecule has 0 fully saturated rings. The topological polar surface area (TPSA) is 129 Å². The van der Waals surface area contributed by atoms with E-state index in [0.717, 1.165) is 6.08 Å². The maximum absolute atomic E-state index is 10.5. The number of H-pyrrole nitrogens is 1. The Kier molecular flexibility index (Phi) is 8.69. The molecule has 2 aromatic rings. The third-order valence-electron chi connectivity index (χ3n) is 2.64. The van der Waals surface area contributed by atoms with Gasteiger partial charge in [-0.25, -0.2) is 4.98 Å². The van der Waals surface area contributed by atoms with Gasteiger partial charge in [0.1, 0.15) is 5.60 Å². The Hall–Kier alpha value is -2.31. The molecule has 1 heterocycles. The molecular weight excluding hydrogens is 354 g/mol. The summed E-state index contributed by atoms with van der Waals surface area (Å²) in [5.74, 6) is -2.71. The van der Waals surface area contributed by atoms with Crippen LogP contribution in [0, 0.1) is 0 Å². The molecule has 8 heteroatoms. The summed E-state index contributed by atoms with van der Waals surface area (Å²) in [4.78, 5) is 26.8. The number of rotatable bonds is 4. The van der Waals surface area contributed by atoms with E-state index in [2.05, 4.69) is 9.97 Å². The summed E-state index contributed by atoms with van der Waals surface area (Å²) in [5, 5.41) is 29.7. The Bertz CT molecular complexity index is 639. The van der Waals surface area contributed by atoms with Gasteiger partial charge in [-0.2, -0.15) is 0 Å². The van der Waals surface area contributed by atoms with E-state index in [9.17, 15) is 24.9 Å². The van der Waals surface area contributed by atoms with Crippen LogP contribution < -0.4 is 10.2 Å². The second-order valence-corrected chi connectivity index (χ2v) is 4.37. The number of carbonyl (C=O) groups is 2. The van der Waals surface area contributed by atoms with Gasteiger partial charge in [-0.15, -0.1) is 0 Å². The molecule has 1 atom stereocenters. The Balaban J connectivity index is 0.000000409. The quantitative estimate of drug-likeness (QED) is 0.516. The van der Waals surface area contributed by atoms with Gasteiger partial charge in [0.15, 0.2) is 0 Å². The van der Waals surface area contributed by atoms with Gasteiger partial charge in [-0.05, 0) is 24.6 Å². The first-order valence-electron chi connectivity index (χ1n) is 6.21. The van der Waals surface area contributed by atoms with E-state index in [1.54, 1.807) is 24.4 Å². The van der Waals surface area contributed by atoms with E-state index < -0.39 is 17.5 Å². The molecule has 0 aliphatic heterocycles. The molecule has 1 aromatic heterocycles. The molecule has 2 rings (SSSR count). The number of hydrogen-bond donors (Lipinski definition) is 2. The molecule has 0 amide bonds. The van der Waals surface area contributed by atoms with Crippen LogP contribution in [0.1, 0.15) is 18.2 Å². The summed E-state index contributed by atoms with van der Waals surface area (Å²) in [6.45, 7) is 1.19. The van der Waals surface area contributed by atoms with Gasteiger partial charge in [0.05, 0.1) is 24.0 Å². The Morgan fingerprint density at radius 3 is 2.30 bits per heavy atom. The smallest absolute Gasteiger partial charge is 0.547 e. The van der Waals surface area contributed by atoms with Crippen LogP contribution in [0.5, 0.6) is 0 Å². The summed E-state index contributed by atoms with van der Waals surface area (Å²) in [6.07, 6.45) is 5.33. The Labute approximate surface area is 145 Å². The molecule has 0 spiro atoms. The number of imidazole rings is 1. The number of aliphatic hydroxyl groups is 1. The number of aromatic amines is 1. The average molecular weight is 368 g/mol. The summed E-state index contributed by atoms with van der Waals surface area (Å²) in [5.41, 5.74) is -1.00. The van der Waals surface area contributed by atoms with Crippen LogP contribution in [0.2, 0.25) is 0 Å². The predicted molar refractivity (Wildman–Crippen MR) is 73.6 cm³/mol. The third kappa shape index (κ3) is 6.99. The first-order valence-corrected chi connectivity index (χ1v) is 6.21. The molecule has 1 unspecified atom stereocenters. The second kappa shape index (κ2) is 9.66. The minimum atomic E-state index is -1.90. The van der Waals surface area contributed by atoms with E-state index in [1.807, 2.05) is 0 Å². The van der Waals surface area contributed by atoms with Crippen molar-refractivity contribution in [3.8, 4) is 0 Å². The SMILES string of the molecule is CC(O)(C(=O)[O-])c1ccccc1.O=C([O-])C=Cc1c[nH]cn1.[Zn+2]. The molecule has 0 aliphatic carbocycles. The van der Waals surface area contributed by atoms with Crippen LogP contribution in [-0.2, 0) is 34.7 Å². The minimum Gasteiger partial charge on any atom is -0.547 e. The van der Waals surface area contributed by atoms with Crippen molar-refractivity contribution in [1.29, 1.82) is 0 Å². The van der Waals surface area contributed by atoms with E-state index >= 15 is 0 Å². The third-order valence-corrected chi connectivity index (χ3v) is 2.64. The number of aromatic nitrogens is 2. The van der Waals surface area contributed by atoms with Gasteiger partial charge in [-0.3, -0.25) is 0 Å². The van der Waals surface area contributed by atoms with E-state index in [-0.39, 0.29) is 19.5 Å². The zero-order valence-corrected chi connectivity index (χ0v) is 15.4. The zero-order chi connectivity index (χ0) is 16.6. The van der Waals surface area contributed by atoms with Gasteiger partial charge in [0, 0.05) is 6.20 Å². The van der Waals surface area contributed by atoms with E-state index in [0.29, 0.717) is 11.3 Å². The summed E-state index contributed by atoms with van der Waals surface area (Å²) in [7, 11) is 0. The Morgan fingerprint density at radius 1 is 1.26 bits per heavy atom. The molecule has 2 N–H and O–H groups in total. The fourth-order valence-corrected chi connectivity index (χ4v) is 1.40. The predicted octanol–water partition coefficient (Wildman–Crippen LogP) is -1.19. The van der Waals surface area contributed by atoms with Crippen molar-refractivity contribution in [1.82, 2.24) is 9.97 Å². The monoisotopic (exact) mass is 366 g/mol. The molecule has 0 bridgehead atoms. The molecule has 0 saturated carbocycles. The van der Waals surface area contributed by atoms with Gasteiger partial charge in [0.25, 0.3) is 0 Å². The maximum Gasteiger partial charge on any atom is 2.00 e. The fourth-order valence-electron chi connectivity index (χ4n) is 1.40. The number of nitrogens with one attached hydrogen (secondary N) is 1. The van der Waals surface area contributed by atoms with Gasteiger partial charge in [-0.1, -0.05) is 30.3 Å². The van der Waals surface area contributed by atoms with E-state index in [4.69, 9.17) is 0 Å². The normalized spacial score (nSPS) is 12.4. The summed E-state index contributed by atoms with van der Waals surface area (Å²) in [6, 6.07) is 8.14. The number of carboxylic acid groups (broad SMARTS) is 2. The molecule has 0 saturated heterocycles. The zero-order valence-electron chi connectivity index (χ0n) is 12.4. The van der Waals surface area contributed by atoms with Crippen molar-refractivity contribution < 1.29 is 44.4 Å². The maximum atomic E-state index is 10.5. The molecule has 116 valence electrons. The van der Waals surface area contributed by atoms with Crippen molar-refractivity contribution in [2.75, 3.05) is 0 Å².